The molecule has 0 saturated carbocycles. The summed E-state index contributed by atoms with van der Waals surface area (Å²) in [4.78, 5) is 0. The zero-order valence-electron chi connectivity index (χ0n) is 27.6. The second-order valence-corrected chi connectivity index (χ2v) is 13.5. The van der Waals surface area contributed by atoms with E-state index in [-0.39, 0.29) is 6.71 Å². The SMILES string of the molecule is c1ccc(-c2cc3c4ccccc4c(-c4ccccc4-c4cccc5c4Oc4cccc6c4B5c4ccccc4O6)cc3c3ccccc23)cc1. The van der Waals surface area contributed by atoms with E-state index in [4.69, 9.17) is 9.47 Å². The molecule has 9 aromatic rings. The van der Waals surface area contributed by atoms with Crippen LogP contribution in [-0.4, -0.2) is 6.71 Å². The highest BCUT2D eigenvalue weighted by Gasteiger charge is 2.40. The van der Waals surface area contributed by atoms with Gasteiger partial charge in [0.15, 0.2) is 0 Å². The highest BCUT2D eigenvalue weighted by molar-refractivity contribution is 6.98. The largest absolute Gasteiger partial charge is 0.458 e. The maximum Gasteiger partial charge on any atom is 0.260 e. The van der Waals surface area contributed by atoms with Gasteiger partial charge in [-0.3, -0.25) is 0 Å². The fraction of sp³-hybridized carbons (Fsp3) is 0. The van der Waals surface area contributed by atoms with Crippen molar-refractivity contribution in [1.82, 2.24) is 0 Å². The summed E-state index contributed by atoms with van der Waals surface area (Å²) in [6.45, 7) is 0.0173. The second-order valence-electron chi connectivity index (χ2n) is 13.5. The highest BCUT2D eigenvalue weighted by Crippen LogP contribution is 2.46. The van der Waals surface area contributed by atoms with Crippen LogP contribution < -0.4 is 25.9 Å². The third-order valence-corrected chi connectivity index (χ3v) is 10.8. The molecule has 0 aliphatic carbocycles. The van der Waals surface area contributed by atoms with E-state index in [2.05, 4.69) is 158 Å². The molecule has 0 amide bonds. The van der Waals surface area contributed by atoms with Gasteiger partial charge in [0.1, 0.15) is 23.0 Å². The van der Waals surface area contributed by atoms with E-state index in [0.29, 0.717) is 0 Å². The van der Waals surface area contributed by atoms with Crippen molar-refractivity contribution >= 4 is 55.4 Å². The Hall–Kier alpha value is -6.58. The first-order chi connectivity index (χ1) is 25.3. The van der Waals surface area contributed by atoms with Gasteiger partial charge in [-0.05, 0) is 101 Å². The molecule has 2 heterocycles. The first-order valence-electron chi connectivity index (χ1n) is 17.5. The molecule has 0 spiro atoms. The third kappa shape index (κ3) is 4.19. The number of fused-ring (bicyclic) bond motifs is 9. The molecule has 9 aromatic carbocycles. The maximum absolute atomic E-state index is 6.91. The van der Waals surface area contributed by atoms with Crippen molar-refractivity contribution in [3.05, 3.63) is 176 Å². The predicted molar refractivity (Wildman–Crippen MR) is 213 cm³/mol. The lowest BCUT2D eigenvalue weighted by molar-refractivity contribution is 0.465. The van der Waals surface area contributed by atoms with E-state index >= 15 is 0 Å². The average molecular weight is 649 g/mol. The quantitative estimate of drug-likeness (QED) is 0.140. The predicted octanol–water partition coefficient (Wildman–Crippen LogP) is 10.9. The Labute approximate surface area is 296 Å². The Balaban J connectivity index is 1.17. The van der Waals surface area contributed by atoms with Crippen molar-refractivity contribution < 1.29 is 9.47 Å². The third-order valence-electron chi connectivity index (χ3n) is 10.8. The van der Waals surface area contributed by atoms with Gasteiger partial charge in [0.25, 0.3) is 6.71 Å². The van der Waals surface area contributed by atoms with Gasteiger partial charge in [0.2, 0.25) is 0 Å². The molecule has 0 bridgehead atoms. The normalized spacial score (nSPS) is 12.6. The number of hydrogen-bond donors (Lipinski definition) is 0. The fourth-order valence-electron chi connectivity index (χ4n) is 8.60. The van der Waals surface area contributed by atoms with Crippen molar-refractivity contribution in [2.24, 2.45) is 0 Å². The summed E-state index contributed by atoms with van der Waals surface area (Å²) in [6.07, 6.45) is 0. The summed E-state index contributed by atoms with van der Waals surface area (Å²) in [5.41, 5.74) is 10.5. The van der Waals surface area contributed by atoms with Crippen LogP contribution in [0.3, 0.4) is 0 Å². The van der Waals surface area contributed by atoms with Gasteiger partial charge >= 0.3 is 0 Å². The smallest absolute Gasteiger partial charge is 0.260 e. The van der Waals surface area contributed by atoms with Gasteiger partial charge in [-0.15, -0.1) is 0 Å². The van der Waals surface area contributed by atoms with Crippen LogP contribution >= 0.6 is 0 Å². The molecule has 0 N–H and O–H groups in total. The summed E-state index contributed by atoms with van der Waals surface area (Å²) < 4.78 is 13.3. The van der Waals surface area contributed by atoms with Crippen LogP contribution in [-0.2, 0) is 0 Å². The lowest BCUT2D eigenvalue weighted by Crippen LogP contribution is -2.57. The molecule has 0 saturated heterocycles. The number of ether oxygens (including phenoxy) is 2. The highest BCUT2D eigenvalue weighted by atomic mass is 16.5. The minimum absolute atomic E-state index is 0.0173. The minimum atomic E-state index is 0.0173. The van der Waals surface area contributed by atoms with Crippen molar-refractivity contribution in [3.8, 4) is 56.4 Å². The maximum atomic E-state index is 6.91. The monoisotopic (exact) mass is 648 g/mol. The van der Waals surface area contributed by atoms with E-state index in [1.807, 2.05) is 18.2 Å². The topological polar surface area (TPSA) is 18.5 Å². The molecule has 2 nitrogen and oxygen atoms in total. The molecule has 0 aromatic heterocycles. The van der Waals surface area contributed by atoms with Crippen molar-refractivity contribution in [3.63, 3.8) is 0 Å². The van der Waals surface area contributed by atoms with Gasteiger partial charge in [-0.25, -0.2) is 0 Å². The van der Waals surface area contributed by atoms with E-state index in [9.17, 15) is 0 Å². The molecule has 236 valence electrons. The molecule has 11 rings (SSSR count). The van der Waals surface area contributed by atoms with Gasteiger partial charge < -0.3 is 9.47 Å². The zero-order chi connectivity index (χ0) is 33.5. The van der Waals surface area contributed by atoms with Crippen molar-refractivity contribution in [1.29, 1.82) is 0 Å². The molecule has 0 unspecified atom stereocenters. The van der Waals surface area contributed by atoms with Gasteiger partial charge in [-0.2, -0.15) is 0 Å². The average Bonchev–Trinajstić information content (AvgIpc) is 3.20. The molecule has 0 radical (unpaired) electrons. The molecule has 51 heavy (non-hydrogen) atoms. The molecule has 0 atom stereocenters. The Morgan fingerprint density at radius 1 is 0.314 bits per heavy atom. The van der Waals surface area contributed by atoms with E-state index in [1.54, 1.807) is 0 Å². The first kappa shape index (κ1) is 28.3. The fourth-order valence-corrected chi connectivity index (χ4v) is 8.60. The molecule has 0 fully saturated rings. The van der Waals surface area contributed by atoms with Crippen LogP contribution in [0, 0.1) is 0 Å². The molecule has 2 aliphatic rings. The molecular formula is C48H29BO2. The second kappa shape index (κ2) is 11.0. The van der Waals surface area contributed by atoms with Crippen LogP contribution in [0.15, 0.2) is 176 Å². The summed E-state index contributed by atoms with van der Waals surface area (Å²) in [5.74, 6) is 3.51. The van der Waals surface area contributed by atoms with Crippen LogP contribution in [0.2, 0.25) is 0 Å². The Bertz CT molecular complexity index is 2870. The lowest BCUT2D eigenvalue weighted by Gasteiger charge is -2.33. The minimum Gasteiger partial charge on any atom is -0.458 e. The summed E-state index contributed by atoms with van der Waals surface area (Å²) in [6, 6.07) is 63.2. The van der Waals surface area contributed by atoms with E-state index < -0.39 is 0 Å². The molecular weight excluding hydrogens is 619 g/mol. The van der Waals surface area contributed by atoms with Gasteiger partial charge in [0.05, 0.1) is 0 Å². The van der Waals surface area contributed by atoms with Crippen LogP contribution in [0.4, 0.5) is 0 Å². The first-order valence-corrected chi connectivity index (χ1v) is 17.5. The number of rotatable bonds is 3. The van der Waals surface area contributed by atoms with Crippen LogP contribution in [0.25, 0.3) is 65.7 Å². The van der Waals surface area contributed by atoms with Gasteiger partial charge in [0, 0.05) is 11.0 Å². The van der Waals surface area contributed by atoms with Gasteiger partial charge in [-0.1, -0.05) is 146 Å². The molecule has 2 aliphatic heterocycles. The van der Waals surface area contributed by atoms with Crippen molar-refractivity contribution in [2.45, 2.75) is 0 Å². The molecule has 3 heteroatoms. The van der Waals surface area contributed by atoms with Crippen LogP contribution in [0.5, 0.6) is 23.0 Å². The summed E-state index contributed by atoms with van der Waals surface area (Å²) in [5, 5.41) is 7.49. The van der Waals surface area contributed by atoms with Crippen LogP contribution in [0.1, 0.15) is 0 Å². The zero-order valence-corrected chi connectivity index (χ0v) is 27.6. The number of para-hydroxylation sites is 2. The standard InChI is InChI=1S/C48H29BO2/c1-2-14-30(15-3-1)38-28-40-36-21-9-8-20-35(36)39(29-41(40)34-19-7-5-17-32(34)38)33-18-6-4-16-31(33)37-22-12-24-43-48(37)51-46-27-13-26-45-47(46)49(43)42-23-10-11-25-44(42)50-45/h1-29H. The van der Waals surface area contributed by atoms with E-state index in [0.717, 1.165) is 50.5 Å². The van der Waals surface area contributed by atoms with Crippen molar-refractivity contribution in [2.75, 3.05) is 0 Å². The number of benzene rings is 9. The Kier molecular flexibility index (Phi) is 6.08. The Morgan fingerprint density at radius 3 is 1.59 bits per heavy atom. The number of hydrogen-bond acceptors (Lipinski definition) is 2. The summed E-state index contributed by atoms with van der Waals surface area (Å²) in [7, 11) is 0. The van der Waals surface area contributed by atoms with E-state index in [1.165, 1.54) is 54.6 Å². The lowest BCUT2D eigenvalue weighted by atomic mass is 9.34. The Morgan fingerprint density at radius 2 is 0.824 bits per heavy atom. The summed E-state index contributed by atoms with van der Waals surface area (Å²) >= 11 is 0.